The SMILES string of the molecule is CN1C2CCC1CC(CC(=O)OOC(=O)C(Cc1ccccc1)c1ccccc1)C2. The van der Waals surface area contributed by atoms with Gasteiger partial charge in [-0.15, -0.1) is 0 Å². The lowest BCUT2D eigenvalue weighted by molar-refractivity contribution is -0.261. The number of hydrogen-bond donors (Lipinski definition) is 0. The fourth-order valence-electron chi connectivity index (χ4n) is 4.98. The number of carbonyl (C=O) groups excluding carboxylic acids is 2. The van der Waals surface area contributed by atoms with Crippen molar-refractivity contribution in [3.05, 3.63) is 71.8 Å². The number of fused-ring (bicyclic) bond motifs is 2. The van der Waals surface area contributed by atoms with Crippen LogP contribution in [0.3, 0.4) is 0 Å². The molecule has 5 nitrogen and oxygen atoms in total. The minimum Gasteiger partial charge on any atom is -0.300 e. The van der Waals surface area contributed by atoms with Crippen molar-refractivity contribution in [3.63, 3.8) is 0 Å². The first kappa shape index (κ1) is 20.6. The number of nitrogens with zero attached hydrogens (tertiary/aromatic N) is 1. The van der Waals surface area contributed by atoms with Crippen LogP contribution in [0.1, 0.15) is 49.1 Å². The van der Waals surface area contributed by atoms with Crippen LogP contribution in [0.5, 0.6) is 0 Å². The van der Waals surface area contributed by atoms with E-state index in [0.717, 1.165) is 24.0 Å². The normalized spacial score (nSPS) is 24.2. The maximum atomic E-state index is 12.8. The van der Waals surface area contributed by atoms with Crippen molar-refractivity contribution >= 4 is 11.9 Å². The monoisotopic (exact) mass is 407 g/mol. The molecule has 30 heavy (non-hydrogen) atoms. The quantitative estimate of drug-likeness (QED) is 0.529. The van der Waals surface area contributed by atoms with E-state index >= 15 is 0 Å². The van der Waals surface area contributed by atoms with Gasteiger partial charge in [0.25, 0.3) is 0 Å². The van der Waals surface area contributed by atoms with E-state index in [4.69, 9.17) is 9.78 Å². The van der Waals surface area contributed by atoms with Gasteiger partial charge in [0.2, 0.25) is 0 Å². The lowest BCUT2D eigenvalue weighted by Gasteiger charge is -2.35. The maximum absolute atomic E-state index is 12.8. The van der Waals surface area contributed by atoms with Crippen LogP contribution < -0.4 is 0 Å². The van der Waals surface area contributed by atoms with Gasteiger partial charge in [0.15, 0.2) is 0 Å². The third-order valence-electron chi connectivity index (χ3n) is 6.64. The van der Waals surface area contributed by atoms with E-state index < -0.39 is 17.9 Å². The molecular weight excluding hydrogens is 378 g/mol. The molecule has 2 heterocycles. The first-order valence-electron chi connectivity index (χ1n) is 10.8. The molecule has 5 heteroatoms. The highest BCUT2D eigenvalue weighted by Gasteiger charge is 2.39. The van der Waals surface area contributed by atoms with Crippen LogP contribution in [0.25, 0.3) is 0 Å². The molecule has 0 amide bonds. The van der Waals surface area contributed by atoms with Gasteiger partial charge in [-0.25, -0.2) is 19.4 Å². The van der Waals surface area contributed by atoms with Gasteiger partial charge in [-0.2, -0.15) is 0 Å². The smallest absolute Gasteiger partial charge is 0.300 e. The molecule has 3 atom stereocenters. The van der Waals surface area contributed by atoms with Crippen LogP contribution >= 0.6 is 0 Å². The van der Waals surface area contributed by atoms with Crippen molar-refractivity contribution in [3.8, 4) is 0 Å². The molecule has 0 aromatic heterocycles. The van der Waals surface area contributed by atoms with Gasteiger partial charge < -0.3 is 4.90 Å². The highest BCUT2D eigenvalue weighted by Crippen LogP contribution is 2.38. The van der Waals surface area contributed by atoms with Crippen LogP contribution in [0.15, 0.2) is 60.7 Å². The molecule has 158 valence electrons. The molecule has 2 aliphatic heterocycles. The molecule has 0 aliphatic carbocycles. The second kappa shape index (κ2) is 9.43. The predicted octanol–water partition coefficient (Wildman–Crippen LogP) is 4.28. The summed E-state index contributed by atoms with van der Waals surface area (Å²) in [6.07, 6.45) is 5.23. The topological polar surface area (TPSA) is 55.8 Å². The molecule has 4 rings (SSSR count). The van der Waals surface area contributed by atoms with Gasteiger partial charge >= 0.3 is 11.9 Å². The van der Waals surface area contributed by atoms with Gasteiger partial charge in [-0.05, 0) is 56.2 Å². The maximum Gasteiger partial charge on any atom is 0.363 e. The lowest BCUT2D eigenvalue weighted by atomic mass is 9.89. The van der Waals surface area contributed by atoms with Gasteiger partial charge in [0.1, 0.15) is 0 Å². The Morgan fingerprint density at radius 2 is 1.53 bits per heavy atom. The minimum atomic E-state index is -0.540. The molecule has 0 spiro atoms. The molecule has 0 N–H and O–H groups in total. The average Bonchev–Trinajstić information content (AvgIpc) is 2.98. The van der Waals surface area contributed by atoms with Crippen molar-refractivity contribution in [1.29, 1.82) is 0 Å². The van der Waals surface area contributed by atoms with E-state index in [-0.39, 0.29) is 0 Å². The van der Waals surface area contributed by atoms with Crippen molar-refractivity contribution in [2.24, 2.45) is 5.92 Å². The summed E-state index contributed by atoms with van der Waals surface area (Å²) < 4.78 is 0. The molecular formula is C25H29NO4. The van der Waals surface area contributed by atoms with Crippen LogP contribution in [0, 0.1) is 5.92 Å². The van der Waals surface area contributed by atoms with Crippen LogP contribution in [0.2, 0.25) is 0 Å². The molecule has 0 saturated carbocycles. The van der Waals surface area contributed by atoms with E-state index in [9.17, 15) is 9.59 Å². The minimum absolute atomic E-state index is 0.305. The Morgan fingerprint density at radius 3 is 2.17 bits per heavy atom. The summed E-state index contributed by atoms with van der Waals surface area (Å²) in [7, 11) is 2.18. The molecule has 3 unspecified atom stereocenters. The highest BCUT2D eigenvalue weighted by molar-refractivity contribution is 5.79. The summed E-state index contributed by atoms with van der Waals surface area (Å²) in [5, 5.41) is 0. The van der Waals surface area contributed by atoms with Gasteiger partial charge in [-0.3, -0.25) is 0 Å². The Hall–Kier alpha value is -2.66. The molecule has 2 aliphatic rings. The Kier molecular flexibility index (Phi) is 6.48. The summed E-state index contributed by atoms with van der Waals surface area (Å²) in [5.41, 5.74) is 1.87. The number of rotatable bonds is 6. The van der Waals surface area contributed by atoms with Crippen molar-refractivity contribution in [2.75, 3.05) is 7.05 Å². The third kappa shape index (κ3) is 4.90. The van der Waals surface area contributed by atoms with Gasteiger partial charge in [-0.1, -0.05) is 60.7 Å². The zero-order valence-electron chi connectivity index (χ0n) is 17.4. The fraction of sp³-hybridized carbons (Fsp3) is 0.440. The second-order valence-corrected chi connectivity index (χ2v) is 8.60. The van der Waals surface area contributed by atoms with Gasteiger partial charge in [0.05, 0.1) is 12.3 Å². The second-order valence-electron chi connectivity index (χ2n) is 8.60. The highest BCUT2D eigenvalue weighted by atomic mass is 17.2. The van der Waals surface area contributed by atoms with Crippen LogP contribution in [-0.4, -0.2) is 36.0 Å². The van der Waals surface area contributed by atoms with Crippen molar-refractivity contribution in [1.82, 2.24) is 4.90 Å². The largest absolute Gasteiger partial charge is 0.363 e. The van der Waals surface area contributed by atoms with E-state index in [1.54, 1.807) is 0 Å². The summed E-state index contributed by atoms with van der Waals surface area (Å²) in [6.45, 7) is 0. The Labute approximate surface area is 177 Å². The number of carbonyl (C=O) groups is 2. The van der Waals surface area contributed by atoms with E-state index in [2.05, 4.69) is 11.9 Å². The Bertz CT molecular complexity index is 840. The zero-order chi connectivity index (χ0) is 20.9. The summed E-state index contributed by atoms with van der Waals surface area (Å²) in [5.74, 6) is -1.22. The summed E-state index contributed by atoms with van der Waals surface area (Å²) >= 11 is 0. The zero-order valence-corrected chi connectivity index (χ0v) is 17.4. The molecule has 2 aromatic rings. The number of hydrogen-bond acceptors (Lipinski definition) is 5. The molecule has 2 fully saturated rings. The average molecular weight is 408 g/mol. The summed E-state index contributed by atoms with van der Waals surface area (Å²) in [6, 6.07) is 20.4. The van der Waals surface area contributed by atoms with Crippen LogP contribution in [0.4, 0.5) is 0 Å². The van der Waals surface area contributed by atoms with E-state index in [0.29, 0.717) is 30.8 Å². The Morgan fingerprint density at radius 1 is 0.933 bits per heavy atom. The van der Waals surface area contributed by atoms with E-state index in [1.165, 1.54) is 12.8 Å². The van der Waals surface area contributed by atoms with Crippen molar-refractivity contribution < 1.29 is 19.4 Å². The first-order chi connectivity index (χ1) is 14.6. The fourth-order valence-corrected chi connectivity index (χ4v) is 4.98. The third-order valence-corrected chi connectivity index (χ3v) is 6.64. The molecule has 0 radical (unpaired) electrons. The molecule has 2 saturated heterocycles. The van der Waals surface area contributed by atoms with Crippen LogP contribution in [-0.2, 0) is 25.8 Å². The Balaban J connectivity index is 1.34. The number of piperidine rings is 1. The summed E-state index contributed by atoms with van der Waals surface area (Å²) in [4.78, 5) is 37.6. The lowest BCUT2D eigenvalue weighted by Crippen LogP contribution is -2.40. The molecule has 2 aromatic carbocycles. The standard InChI is InChI=1S/C25H29NO4/c1-26-21-12-13-22(26)15-19(14-21)17-24(27)29-30-25(28)23(20-10-6-3-7-11-20)16-18-8-4-2-5-9-18/h2-11,19,21-23H,12-17H2,1H3. The van der Waals surface area contributed by atoms with Gasteiger partial charge in [0, 0.05) is 12.1 Å². The predicted molar refractivity (Wildman–Crippen MR) is 113 cm³/mol. The van der Waals surface area contributed by atoms with E-state index in [1.807, 2.05) is 60.7 Å². The number of benzene rings is 2. The van der Waals surface area contributed by atoms with Crippen molar-refractivity contribution in [2.45, 2.75) is 56.5 Å². The molecule has 2 bridgehead atoms. The first-order valence-corrected chi connectivity index (χ1v) is 10.8.